The highest BCUT2D eigenvalue weighted by atomic mass is 35.5. The second kappa shape index (κ2) is 15.3. The van der Waals surface area contributed by atoms with Gasteiger partial charge in [0.25, 0.3) is 10.0 Å². The molecule has 5 rings (SSSR count). The van der Waals surface area contributed by atoms with Crippen LogP contribution in [0.2, 0.25) is 10.0 Å². The van der Waals surface area contributed by atoms with Crippen molar-refractivity contribution >= 4 is 50.7 Å². The Balaban J connectivity index is 1.60. The van der Waals surface area contributed by atoms with Crippen LogP contribution in [0.25, 0.3) is 0 Å². The number of hydrogen-bond acceptors (Lipinski definition) is 4. The molecule has 0 spiro atoms. The fourth-order valence-electron chi connectivity index (χ4n) is 5.76. The van der Waals surface area contributed by atoms with Crippen LogP contribution in [0.5, 0.6) is 0 Å². The van der Waals surface area contributed by atoms with Gasteiger partial charge in [0.15, 0.2) is 0 Å². The zero-order valence-corrected chi connectivity index (χ0v) is 28.2. The van der Waals surface area contributed by atoms with E-state index in [9.17, 15) is 18.0 Å². The summed E-state index contributed by atoms with van der Waals surface area (Å²) in [5.41, 5.74) is 1.81. The summed E-state index contributed by atoms with van der Waals surface area (Å²) in [6.45, 7) is 0.825. The monoisotopic (exact) mass is 695 g/mol. The number of aryl methyl sites for hydroxylation is 1. The number of nitrogens with one attached hydrogen (secondary N) is 1. The van der Waals surface area contributed by atoms with Crippen LogP contribution >= 0.6 is 23.2 Å². The molecule has 7 nitrogen and oxygen atoms in total. The predicted molar refractivity (Wildman–Crippen MR) is 183 cm³/mol. The minimum absolute atomic E-state index is 0.00560. The van der Waals surface area contributed by atoms with E-state index in [1.807, 2.05) is 37.3 Å². The first kappa shape index (κ1) is 34.4. The SMILES string of the molecule is Cc1ccc(S(=O)(=O)N(CC(=O)N(Cc2ccccc2F)[C@H](Cc2ccccc2)C(=O)NC2CCCC2)c2cc(Cl)ccc2Cl)cc1. The second-order valence-electron chi connectivity index (χ2n) is 11.7. The van der Waals surface area contributed by atoms with Crippen molar-refractivity contribution in [2.45, 2.75) is 62.6 Å². The number of sulfonamides is 1. The summed E-state index contributed by atoms with van der Waals surface area (Å²) in [7, 11) is -4.38. The molecule has 4 aromatic carbocycles. The first-order valence-electron chi connectivity index (χ1n) is 15.4. The van der Waals surface area contributed by atoms with Crippen LogP contribution in [0.4, 0.5) is 10.1 Å². The fourth-order valence-corrected chi connectivity index (χ4v) is 7.62. The van der Waals surface area contributed by atoms with Crippen LogP contribution in [-0.4, -0.2) is 43.8 Å². The molecule has 1 fully saturated rings. The summed E-state index contributed by atoms with van der Waals surface area (Å²) in [6, 6.07) is 24.6. The summed E-state index contributed by atoms with van der Waals surface area (Å²) in [4.78, 5) is 29.9. The van der Waals surface area contributed by atoms with Crippen LogP contribution in [0.3, 0.4) is 0 Å². The maximum absolute atomic E-state index is 15.1. The lowest BCUT2D eigenvalue weighted by molar-refractivity contribution is -0.140. The van der Waals surface area contributed by atoms with Gasteiger partial charge in [0.2, 0.25) is 11.8 Å². The summed E-state index contributed by atoms with van der Waals surface area (Å²) in [5.74, 6) is -1.66. The highest BCUT2D eigenvalue weighted by molar-refractivity contribution is 7.92. The van der Waals surface area contributed by atoms with Gasteiger partial charge in [-0.25, -0.2) is 12.8 Å². The first-order chi connectivity index (χ1) is 22.5. The van der Waals surface area contributed by atoms with Crippen LogP contribution in [-0.2, 0) is 32.6 Å². The molecule has 0 unspecified atom stereocenters. The molecule has 1 N–H and O–H groups in total. The molecule has 1 aliphatic rings. The third-order valence-corrected chi connectivity index (χ3v) is 10.7. The van der Waals surface area contributed by atoms with Gasteiger partial charge in [-0.1, -0.05) is 102 Å². The Hall–Kier alpha value is -3.92. The van der Waals surface area contributed by atoms with Crippen LogP contribution < -0.4 is 9.62 Å². The number of carbonyl (C=O) groups is 2. The number of hydrogen-bond donors (Lipinski definition) is 1. The molecular weight excluding hydrogens is 660 g/mol. The van der Waals surface area contributed by atoms with Crippen LogP contribution in [0, 0.1) is 12.7 Å². The lowest BCUT2D eigenvalue weighted by Gasteiger charge is -2.34. The van der Waals surface area contributed by atoms with Crippen molar-refractivity contribution in [3.8, 4) is 0 Å². The molecule has 1 aliphatic carbocycles. The molecule has 0 aliphatic heterocycles. The number of carbonyl (C=O) groups excluding carboxylic acids is 2. The average molecular weight is 697 g/mol. The highest BCUT2D eigenvalue weighted by Crippen LogP contribution is 2.33. The van der Waals surface area contributed by atoms with E-state index in [0.29, 0.717) is 0 Å². The molecular formula is C36H36Cl2FN3O4S. The maximum atomic E-state index is 15.1. The molecule has 0 bridgehead atoms. The molecule has 0 saturated heterocycles. The molecule has 0 aromatic heterocycles. The normalized spacial score (nSPS) is 14.0. The summed E-state index contributed by atoms with van der Waals surface area (Å²) < 4.78 is 44.5. The van der Waals surface area contributed by atoms with Crippen molar-refractivity contribution in [2.75, 3.05) is 10.8 Å². The zero-order valence-electron chi connectivity index (χ0n) is 25.9. The number of amides is 2. The smallest absolute Gasteiger partial charge is 0.264 e. The van der Waals surface area contributed by atoms with E-state index >= 15 is 4.39 Å². The van der Waals surface area contributed by atoms with Gasteiger partial charge in [-0.3, -0.25) is 13.9 Å². The lowest BCUT2D eigenvalue weighted by atomic mass is 10.0. The lowest BCUT2D eigenvalue weighted by Crippen LogP contribution is -2.54. The highest BCUT2D eigenvalue weighted by Gasteiger charge is 2.36. The van der Waals surface area contributed by atoms with Gasteiger partial charge in [-0.2, -0.15) is 0 Å². The predicted octanol–water partition coefficient (Wildman–Crippen LogP) is 7.34. The Morgan fingerprint density at radius 3 is 2.26 bits per heavy atom. The van der Waals surface area contributed by atoms with E-state index in [4.69, 9.17) is 23.2 Å². The van der Waals surface area contributed by atoms with E-state index in [2.05, 4.69) is 5.32 Å². The van der Waals surface area contributed by atoms with Gasteiger partial charge in [0.1, 0.15) is 18.4 Å². The fraction of sp³-hybridized carbons (Fsp3) is 0.278. The van der Waals surface area contributed by atoms with Crippen molar-refractivity contribution in [1.29, 1.82) is 0 Å². The van der Waals surface area contributed by atoms with Crippen molar-refractivity contribution in [3.63, 3.8) is 0 Å². The molecule has 1 saturated carbocycles. The molecule has 1 atom stereocenters. The first-order valence-corrected chi connectivity index (χ1v) is 17.6. The van der Waals surface area contributed by atoms with Gasteiger partial charge >= 0.3 is 0 Å². The largest absolute Gasteiger partial charge is 0.352 e. The molecule has 4 aromatic rings. The molecule has 0 heterocycles. The Kier molecular flexibility index (Phi) is 11.2. The minimum Gasteiger partial charge on any atom is -0.352 e. The van der Waals surface area contributed by atoms with Crippen molar-refractivity contribution in [1.82, 2.24) is 10.2 Å². The Morgan fingerprint density at radius 1 is 0.915 bits per heavy atom. The average Bonchev–Trinajstić information content (AvgIpc) is 3.57. The number of halogens is 3. The van der Waals surface area contributed by atoms with Crippen molar-refractivity contribution in [2.24, 2.45) is 0 Å². The Morgan fingerprint density at radius 2 is 1.57 bits per heavy atom. The van der Waals surface area contributed by atoms with E-state index in [0.717, 1.165) is 41.1 Å². The molecule has 11 heteroatoms. The van der Waals surface area contributed by atoms with Gasteiger partial charge < -0.3 is 10.2 Å². The van der Waals surface area contributed by atoms with E-state index in [-0.39, 0.29) is 51.1 Å². The van der Waals surface area contributed by atoms with Gasteiger partial charge in [-0.05, 0) is 61.7 Å². The molecule has 0 radical (unpaired) electrons. The van der Waals surface area contributed by atoms with Crippen molar-refractivity contribution < 1.29 is 22.4 Å². The van der Waals surface area contributed by atoms with Gasteiger partial charge in [0, 0.05) is 29.6 Å². The Bertz CT molecular complexity index is 1820. The van der Waals surface area contributed by atoms with Gasteiger partial charge in [-0.15, -0.1) is 0 Å². The molecule has 246 valence electrons. The minimum atomic E-state index is -4.38. The number of rotatable bonds is 12. The molecule has 2 amide bonds. The third-order valence-electron chi connectivity index (χ3n) is 8.34. The quantitative estimate of drug-likeness (QED) is 0.168. The Labute approximate surface area is 285 Å². The van der Waals surface area contributed by atoms with Crippen LogP contribution in [0.15, 0.2) is 102 Å². The van der Waals surface area contributed by atoms with Crippen molar-refractivity contribution in [3.05, 3.63) is 130 Å². The van der Waals surface area contributed by atoms with E-state index in [1.54, 1.807) is 24.3 Å². The maximum Gasteiger partial charge on any atom is 0.264 e. The molecule has 47 heavy (non-hydrogen) atoms. The number of nitrogens with zero attached hydrogens (tertiary/aromatic N) is 2. The summed E-state index contributed by atoms with van der Waals surface area (Å²) in [5, 5.41) is 3.37. The van der Waals surface area contributed by atoms with Crippen LogP contribution in [0.1, 0.15) is 42.4 Å². The van der Waals surface area contributed by atoms with E-state index < -0.39 is 34.3 Å². The van der Waals surface area contributed by atoms with Gasteiger partial charge in [0.05, 0.1) is 15.6 Å². The third kappa shape index (κ3) is 8.52. The number of anilines is 1. The topological polar surface area (TPSA) is 86.8 Å². The summed E-state index contributed by atoms with van der Waals surface area (Å²) >= 11 is 12.8. The zero-order chi connectivity index (χ0) is 33.6. The number of benzene rings is 4. The van der Waals surface area contributed by atoms with E-state index in [1.165, 1.54) is 47.4 Å². The second-order valence-corrected chi connectivity index (χ2v) is 14.4. The standard InChI is InChI=1S/C36H36Cl2FN3O4S/c1-25-15-18-30(19-16-25)47(45,46)42(33-22-28(37)17-20-31(33)38)24-35(43)41(23-27-11-5-8-14-32(27)39)34(21-26-9-3-2-4-10-26)36(44)40-29-12-6-7-13-29/h2-5,8-11,14-20,22,29,34H,6-7,12-13,21,23-24H2,1H3,(H,40,44)/t34-/m1/s1. The summed E-state index contributed by atoms with van der Waals surface area (Å²) in [6.07, 6.45) is 3.74.